The molecular formula is C15H16N6O7. The largest absolute Gasteiger partial charge is 0.463 e. The van der Waals surface area contributed by atoms with Gasteiger partial charge in [-0.05, 0) is 5.53 Å². The van der Waals surface area contributed by atoms with E-state index in [1.165, 1.54) is 19.2 Å². The van der Waals surface area contributed by atoms with Crippen molar-refractivity contribution in [1.29, 1.82) is 0 Å². The standard InChI is InChI=1S/C15H16N6O7/c1-7(23)26-6-12-11(18-20-16)3-13(27-12)21-4-9(14(24)17-15(21)25)10-2-8(5-22)28-19-10/h2,4,11-13,22H,3,5-6H2,1H3,(H,17,24,25)/t11?,12-,13-/m1/s1. The molecule has 0 spiro atoms. The van der Waals surface area contributed by atoms with Gasteiger partial charge >= 0.3 is 11.7 Å². The number of azide groups is 1. The highest BCUT2D eigenvalue weighted by Crippen LogP contribution is 2.31. The van der Waals surface area contributed by atoms with E-state index >= 15 is 0 Å². The van der Waals surface area contributed by atoms with Crippen LogP contribution in [-0.4, -0.2) is 44.5 Å². The Morgan fingerprint density at radius 3 is 3.00 bits per heavy atom. The Labute approximate surface area is 156 Å². The first-order chi connectivity index (χ1) is 13.4. The molecule has 0 radical (unpaired) electrons. The van der Waals surface area contributed by atoms with E-state index in [-0.39, 0.29) is 30.0 Å². The first kappa shape index (κ1) is 19.4. The summed E-state index contributed by atoms with van der Waals surface area (Å²) in [5.41, 5.74) is 7.44. The van der Waals surface area contributed by atoms with E-state index in [9.17, 15) is 14.4 Å². The summed E-state index contributed by atoms with van der Waals surface area (Å²) in [6.07, 6.45) is -0.252. The molecule has 1 fully saturated rings. The maximum atomic E-state index is 12.3. The number of hydrogen-bond acceptors (Lipinski definition) is 9. The van der Waals surface area contributed by atoms with Gasteiger partial charge in [-0.2, -0.15) is 0 Å². The number of ether oxygens (including phenoxy) is 2. The molecule has 1 aliphatic rings. The second-order valence-corrected chi connectivity index (χ2v) is 5.99. The first-order valence-electron chi connectivity index (χ1n) is 8.18. The van der Waals surface area contributed by atoms with Gasteiger partial charge in [0.05, 0.1) is 11.6 Å². The van der Waals surface area contributed by atoms with E-state index in [1.807, 2.05) is 0 Å². The lowest BCUT2D eigenvalue weighted by molar-refractivity contribution is -0.146. The van der Waals surface area contributed by atoms with Crippen LogP contribution in [0.3, 0.4) is 0 Å². The van der Waals surface area contributed by atoms with Gasteiger partial charge in [0.25, 0.3) is 5.56 Å². The van der Waals surface area contributed by atoms with Crippen LogP contribution in [0.4, 0.5) is 0 Å². The SMILES string of the molecule is CC(=O)OC[C@H]1O[C@@H](n2cc(-c3cc(CO)on3)c(=O)[nH]c2=O)CC1N=[N+]=[N-]. The summed E-state index contributed by atoms with van der Waals surface area (Å²) in [6, 6.07) is 0.686. The molecule has 1 aliphatic heterocycles. The van der Waals surface area contributed by atoms with E-state index in [4.69, 9.17) is 24.6 Å². The van der Waals surface area contributed by atoms with E-state index in [1.54, 1.807) is 0 Å². The van der Waals surface area contributed by atoms with Gasteiger partial charge < -0.3 is 19.1 Å². The van der Waals surface area contributed by atoms with Crippen LogP contribution in [0.25, 0.3) is 21.7 Å². The van der Waals surface area contributed by atoms with Gasteiger partial charge in [0.15, 0.2) is 5.76 Å². The molecule has 2 aromatic heterocycles. The Bertz CT molecular complexity index is 1030. The van der Waals surface area contributed by atoms with Crippen LogP contribution in [0.15, 0.2) is 31.5 Å². The van der Waals surface area contributed by atoms with Crippen molar-refractivity contribution in [1.82, 2.24) is 14.7 Å². The van der Waals surface area contributed by atoms with Crippen molar-refractivity contribution in [3.05, 3.63) is 49.3 Å². The monoisotopic (exact) mass is 392 g/mol. The number of nitrogens with zero attached hydrogens (tertiary/aromatic N) is 5. The Hall–Kier alpha value is -3.41. The number of aliphatic hydroxyl groups is 1. The van der Waals surface area contributed by atoms with Crippen molar-refractivity contribution in [3.63, 3.8) is 0 Å². The zero-order valence-corrected chi connectivity index (χ0v) is 14.6. The normalized spacial score (nSPS) is 21.3. The number of rotatable bonds is 6. The predicted octanol–water partition coefficient (Wildman–Crippen LogP) is 0.213. The predicted molar refractivity (Wildman–Crippen MR) is 90.8 cm³/mol. The third-order valence-corrected chi connectivity index (χ3v) is 4.12. The summed E-state index contributed by atoms with van der Waals surface area (Å²) in [4.78, 5) is 40.3. The second kappa shape index (κ2) is 8.08. The maximum Gasteiger partial charge on any atom is 0.330 e. The highest BCUT2D eigenvalue weighted by molar-refractivity contribution is 5.65. The Balaban J connectivity index is 1.93. The highest BCUT2D eigenvalue weighted by Gasteiger charge is 2.37. The van der Waals surface area contributed by atoms with E-state index in [0.717, 1.165) is 4.57 Å². The summed E-state index contributed by atoms with van der Waals surface area (Å²) in [5.74, 6) is -0.380. The molecule has 1 unspecified atom stereocenters. The lowest BCUT2D eigenvalue weighted by Gasteiger charge is -2.16. The molecule has 0 bridgehead atoms. The van der Waals surface area contributed by atoms with Gasteiger partial charge in [-0.25, -0.2) is 4.79 Å². The summed E-state index contributed by atoms with van der Waals surface area (Å²) in [6.45, 7) is 0.678. The lowest BCUT2D eigenvalue weighted by Crippen LogP contribution is -2.33. The molecule has 0 aromatic carbocycles. The number of carbonyl (C=O) groups is 1. The number of nitrogens with one attached hydrogen (secondary N) is 1. The Kier molecular flexibility index (Phi) is 5.59. The average Bonchev–Trinajstić information content (AvgIpc) is 3.27. The van der Waals surface area contributed by atoms with Crippen molar-refractivity contribution in [2.75, 3.05) is 6.61 Å². The van der Waals surface area contributed by atoms with E-state index < -0.39 is 42.2 Å². The van der Waals surface area contributed by atoms with Crippen molar-refractivity contribution in [2.45, 2.75) is 38.3 Å². The van der Waals surface area contributed by atoms with Gasteiger partial charge in [-0.15, -0.1) is 0 Å². The summed E-state index contributed by atoms with van der Waals surface area (Å²) in [5, 5.41) is 16.4. The zero-order valence-electron chi connectivity index (χ0n) is 14.6. The summed E-state index contributed by atoms with van der Waals surface area (Å²) in [7, 11) is 0. The maximum absolute atomic E-state index is 12.3. The smallest absolute Gasteiger partial charge is 0.330 e. The van der Waals surface area contributed by atoms with Crippen LogP contribution in [0.2, 0.25) is 0 Å². The van der Waals surface area contributed by atoms with Gasteiger partial charge in [0.1, 0.15) is 31.2 Å². The molecule has 28 heavy (non-hydrogen) atoms. The molecule has 13 heteroatoms. The lowest BCUT2D eigenvalue weighted by atomic mass is 10.1. The van der Waals surface area contributed by atoms with Crippen molar-refractivity contribution in [2.24, 2.45) is 5.11 Å². The van der Waals surface area contributed by atoms with Crippen LogP contribution in [0.1, 0.15) is 25.3 Å². The number of H-pyrrole nitrogens is 1. The van der Waals surface area contributed by atoms with Gasteiger partial charge in [-0.3, -0.25) is 19.1 Å². The van der Waals surface area contributed by atoms with Crippen LogP contribution < -0.4 is 11.2 Å². The third kappa shape index (κ3) is 3.96. The van der Waals surface area contributed by atoms with Gasteiger partial charge in [0, 0.05) is 30.5 Å². The fourth-order valence-electron chi connectivity index (χ4n) is 2.82. The molecule has 148 valence electrons. The molecule has 3 rings (SSSR count). The molecule has 3 atom stereocenters. The minimum absolute atomic E-state index is 0.0235. The number of hydrogen-bond donors (Lipinski definition) is 2. The second-order valence-electron chi connectivity index (χ2n) is 5.99. The number of aromatic amines is 1. The quantitative estimate of drug-likeness (QED) is 0.302. The van der Waals surface area contributed by atoms with Gasteiger partial charge in [0.2, 0.25) is 0 Å². The zero-order chi connectivity index (χ0) is 20.3. The topological polar surface area (TPSA) is 185 Å². The third-order valence-electron chi connectivity index (χ3n) is 4.12. The Morgan fingerprint density at radius 1 is 1.57 bits per heavy atom. The minimum atomic E-state index is -0.872. The summed E-state index contributed by atoms with van der Waals surface area (Å²) >= 11 is 0. The minimum Gasteiger partial charge on any atom is -0.463 e. The Morgan fingerprint density at radius 2 is 2.36 bits per heavy atom. The van der Waals surface area contributed by atoms with E-state index in [0.29, 0.717) is 0 Å². The number of aromatic nitrogens is 3. The molecule has 0 saturated carbocycles. The molecule has 3 heterocycles. The first-order valence-corrected chi connectivity index (χ1v) is 8.18. The summed E-state index contributed by atoms with van der Waals surface area (Å²) < 4.78 is 16.6. The van der Waals surface area contributed by atoms with E-state index in [2.05, 4.69) is 20.2 Å². The number of carbonyl (C=O) groups excluding carboxylic acids is 1. The van der Waals surface area contributed by atoms with Crippen LogP contribution in [-0.2, 0) is 20.9 Å². The van der Waals surface area contributed by atoms with Gasteiger partial charge in [-0.1, -0.05) is 10.3 Å². The fourth-order valence-corrected chi connectivity index (χ4v) is 2.82. The van der Waals surface area contributed by atoms with Crippen LogP contribution in [0, 0.1) is 0 Å². The van der Waals surface area contributed by atoms with Crippen LogP contribution >= 0.6 is 0 Å². The average molecular weight is 392 g/mol. The molecule has 2 N–H and O–H groups in total. The molecule has 2 aromatic rings. The van der Waals surface area contributed by atoms with Crippen molar-refractivity contribution in [3.8, 4) is 11.3 Å². The van der Waals surface area contributed by atoms with Crippen molar-refractivity contribution >= 4 is 5.97 Å². The molecular weight excluding hydrogens is 376 g/mol. The van der Waals surface area contributed by atoms with Crippen LogP contribution in [0.5, 0.6) is 0 Å². The molecule has 0 amide bonds. The highest BCUT2D eigenvalue weighted by atomic mass is 16.6. The fraction of sp³-hybridized carbons (Fsp3) is 0.467. The number of aliphatic hydroxyl groups excluding tert-OH is 1. The molecule has 0 aliphatic carbocycles. The molecule has 13 nitrogen and oxygen atoms in total. The number of esters is 1. The van der Waals surface area contributed by atoms with Crippen molar-refractivity contribution < 1.29 is 23.9 Å². The molecule has 1 saturated heterocycles.